The first kappa shape index (κ1) is 68.7. The van der Waals surface area contributed by atoms with Crippen LogP contribution in [0.2, 0.25) is 0 Å². The van der Waals surface area contributed by atoms with Gasteiger partial charge < -0.3 is 37.6 Å². The lowest BCUT2D eigenvalue weighted by atomic mass is 10.0. The Hall–Kier alpha value is -13.7. The molecule has 0 aliphatic heterocycles. The first-order valence-electron chi connectivity index (χ1n) is 32.0. The van der Waals surface area contributed by atoms with Crippen molar-refractivity contribution in [2.75, 3.05) is 0 Å². The van der Waals surface area contributed by atoms with Gasteiger partial charge in [0.05, 0.1) is 33.5 Å². The van der Waals surface area contributed by atoms with Crippen molar-refractivity contribution in [1.29, 1.82) is 0 Å². The van der Waals surface area contributed by atoms with Gasteiger partial charge in [0.15, 0.2) is 0 Å². The van der Waals surface area contributed by atoms with E-state index in [1.54, 1.807) is 66.9 Å². The molecule has 19 heteroatoms. The Labute approximate surface area is 581 Å². The fraction of sp³-hybridized carbons (Fsp3) is 0.0732. The highest BCUT2D eigenvalue weighted by Crippen LogP contribution is 2.30. The fourth-order valence-electron chi connectivity index (χ4n) is 11.2. The number of benzene rings is 10. The van der Waals surface area contributed by atoms with E-state index in [-0.39, 0.29) is 5.69 Å². The summed E-state index contributed by atoms with van der Waals surface area (Å²) in [5.41, 5.74) is 14.3. The summed E-state index contributed by atoms with van der Waals surface area (Å²) in [6, 6.07) is 85.4. The number of fused-ring (bicyclic) bond motifs is 4. The molecule has 500 valence electrons. The van der Waals surface area contributed by atoms with E-state index >= 15 is 0 Å². The van der Waals surface area contributed by atoms with Crippen molar-refractivity contribution >= 4 is 96.5 Å². The standard InChI is InChI=1S/C24H20N2O2.C23H17N3O4.C18H16N2O2.C17H14N2O2/c1-18(27)28-25-24(20-12-6-3-7-13-20)22-17-26(16-19-10-4-2-5-11-19)23-15-9-8-14-21(22)23;1-16(27)30-24-23(17-7-3-2-4-8-17)21-15-25(22-10-6-5-9-20(21)22)18-11-13-19(14-12-18)26(28)29;1-13(19-22-18(21)14-8-4-3-5-9-14)16-12-20(2)17-11-7-6-10-15(16)17;1-19-12-14(15-9-5-6-10-16(15)19)11-18-21-17(20)13-7-3-2-4-8-13/h2-15,17H,16H2,1H3;2-15H,1H3;3-12H,1-2H3;2-12H,1H3/b25-24+;24-23+;19-13+;18-11+. The minimum Gasteiger partial charge on any atom is -0.350 e. The molecule has 0 aliphatic rings. The zero-order chi connectivity index (χ0) is 70.6. The number of nitro benzene ring substituents is 1. The monoisotopic (exact) mass is 1340 g/mol. The van der Waals surface area contributed by atoms with Gasteiger partial charge in [-0.05, 0) is 73.2 Å². The van der Waals surface area contributed by atoms with Gasteiger partial charge in [0.2, 0.25) is 0 Å². The van der Waals surface area contributed by atoms with Crippen LogP contribution in [-0.4, -0.2) is 70.4 Å². The van der Waals surface area contributed by atoms with Gasteiger partial charge in [-0.15, -0.1) is 0 Å². The number of hydrogen-bond acceptors (Lipinski definition) is 14. The highest BCUT2D eigenvalue weighted by atomic mass is 16.7. The molecule has 0 N–H and O–H groups in total. The van der Waals surface area contributed by atoms with E-state index in [0.29, 0.717) is 28.3 Å². The number of carbonyl (C=O) groups excluding carboxylic acids is 4. The Morgan fingerprint density at radius 2 is 0.812 bits per heavy atom. The summed E-state index contributed by atoms with van der Waals surface area (Å²) in [6.07, 6.45) is 9.46. The zero-order valence-corrected chi connectivity index (χ0v) is 55.7. The maximum atomic E-state index is 11.9. The van der Waals surface area contributed by atoms with Gasteiger partial charge in [0.25, 0.3) is 5.69 Å². The number of aryl methyl sites for hydroxylation is 2. The first-order chi connectivity index (χ1) is 49.2. The molecule has 10 aromatic carbocycles. The van der Waals surface area contributed by atoms with Crippen LogP contribution in [0.3, 0.4) is 0 Å². The van der Waals surface area contributed by atoms with Gasteiger partial charge in [-0.25, -0.2) is 19.2 Å². The van der Waals surface area contributed by atoms with E-state index in [9.17, 15) is 29.3 Å². The quantitative estimate of drug-likeness (QED) is 0.0386. The van der Waals surface area contributed by atoms with Gasteiger partial charge in [-0.2, -0.15) is 0 Å². The zero-order valence-electron chi connectivity index (χ0n) is 55.7. The minimum absolute atomic E-state index is 0.0248. The van der Waals surface area contributed by atoms with Crippen molar-refractivity contribution in [2.24, 2.45) is 34.7 Å². The smallest absolute Gasteiger partial charge is 0.350 e. The fourth-order valence-corrected chi connectivity index (χ4v) is 11.2. The Kier molecular flexibility index (Phi) is 22.3. The largest absolute Gasteiger partial charge is 0.365 e. The average Bonchev–Trinajstić information content (AvgIpc) is 1.63. The van der Waals surface area contributed by atoms with E-state index < -0.39 is 28.8 Å². The van der Waals surface area contributed by atoms with Crippen LogP contribution in [0, 0.1) is 10.1 Å². The maximum Gasteiger partial charge on any atom is 0.365 e. The molecule has 14 rings (SSSR count). The number of hydrogen-bond donors (Lipinski definition) is 0. The molecule has 4 aromatic heterocycles. The maximum absolute atomic E-state index is 11.9. The van der Waals surface area contributed by atoms with Crippen molar-refractivity contribution in [1.82, 2.24) is 18.3 Å². The first-order valence-corrected chi connectivity index (χ1v) is 32.0. The van der Waals surface area contributed by atoms with Crippen LogP contribution >= 0.6 is 0 Å². The Bertz CT molecular complexity index is 5370. The van der Waals surface area contributed by atoms with E-state index in [1.165, 1.54) is 31.5 Å². The predicted octanol–water partition coefficient (Wildman–Crippen LogP) is 17.0. The summed E-state index contributed by atoms with van der Waals surface area (Å²) in [5, 5.41) is 31.2. The van der Waals surface area contributed by atoms with E-state index in [2.05, 4.69) is 55.7 Å². The van der Waals surface area contributed by atoms with Crippen LogP contribution in [0.5, 0.6) is 0 Å². The van der Waals surface area contributed by atoms with Gasteiger partial charge in [-0.3, -0.25) is 10.1 Å². The van der Waals surface area contributed by atoms with Gasteiger partial charge in [-0.1, -0.05) is 221 Å². The molecule has 0 bridgehead atoms. The summed E-state index contributed by atoms with van der Waals surface area (Å²) in [5.74, 6) is -1.88. The Morgan fingerprint density at radius 3 is 1.33 bits per heavy atom. The predicted molar refractivity (Wildman–Crippen MR) is 394 cm³/mol. The van der Waals surface area contributed by atoms with E-state index in [4.69, 9.17) is 19.4 Å². The molecule has 14 aromatic rings. The SMILES string of the molecule is C/C(=N\OC(=O)c1ccccc1)c1cn(C)c2ccccc12.CC(=O)O/N=C(\c1ccccc1)c1cn(-c2ccc([N+](=O)[O-])cc2)c2ccccc12.CC(=O)O/N=C(\c1ccccc1)c1cn(Cc2ccccc2)c2ccccc12.Cn1cc(/C=N/OC(=O)c2ccccc2)c2ccccc21. The van der Waals surface area contributed by atoms with Crippen molar-refractivity contribution in [2.45, 2.75) is 27.3 Å². The lowest BCUT2D eigenvalue weighted by Gasteiger charge is -2.05. The molecular weight excluding hydrogens is 1270 g/mol. The number of non-ortho nitro benzene ring substituents is 1. The molecule has 4 heterocycles. The lowest BCUT2D eigenvalue weighted by Crippen LogP contribution is -2.06. The summed E-state index contributed by atoms with van der Waals surface area (Å²) in [6.45, 7) is 5.23. The second kappa shape index (κ2) is 32.8. The van der Waals surface area contributed by atoms with Crippen LogP contribution in [0.4, 0.5) is 5.69 Å². The number of rotatable bonds is 16. The molecule has 0 spiro atoms. The van der Waals surface area contributed by atoms with Crippen molar-refractivity contribution < 1.29 is 43.5 Å². The van der Waals surface area contributed by atoms with Gasteiger partial charge in [0, 0.05) is 149 Å². The summed E-state index contributed by atoms with van der Waals surface area (Å²) in [7, 11) is 3.95. The molecule has 0 fully saturated rings. The molecular formula is C82H67N9O10. The molecule has 19 nitrogen and oxygen atoms in total. The molecule has 0 atom stereocenters. The van der Waals surface area contributed by atoms with Gasteiger partial charge in [0.1, 0.15) is 11.4 Å². The third kappa shape index (κ3) is 17.1. The number of aromatic nitrogens is 4. The van der Waals surface area contributed by atoms with Gasteiger partial charge >= 0.3 is 23.9 Å². The van der Waals surface area contributed by atoms with Crippen LogP contribution < -0.4 is 0 Å². The molecule has 0 aliphatic carbocycles. The van der Waals surface area contributed by atoms with Crippen molar-refractivity contribution in [3.63, 3.8) is 0 Å². The van der Waals surface area contributed by atoms with Crippen LogP contribution in [0.15, 0.2) is 318 Å². The highest BCUT2D eigenvalue weighted by Gasteiger charge is 2.20. The molecule has 0 amide bonds. The lowest BCUT2D eigenvalue weighted by molar-refractivity contribution is -0.384. The molecule has 0 saturated heterocycles. The number of nitrogens with zero attached hydrogens (tertiary/aromatic N) is 9. The highest BCUT2D eigenvalue weighted by molar-refractivity contribution is 6.20. The topological polar surface area (TPSA) is 218 Å². The second-order valence-electron chi connectivity index (χ2n) is 22.9. The number of carbonyl (C=O) groups is 4. The number of oxime groups is 4. The molecule has 101 heavy (non-hydrogen) atoms. The van der Waals surface area contributed by atoms with Crippen molar-refractivity contribution in [3.05, 3.63) is 358 Å². The van der Waals surface area contributed by atoms with Crippen LogP contribution in [0.1, 0.15) is 80.4 Å². The summed E-state index contributed by atoms with van der Waals surface area (Å²) < 4.78 is 8.17. The van der Waals surface area contributed by atoms with Crippen LogP contribution in [-0.2, 0) is 49.6 Å². The van der Waals surface area contributed by atoms with Crippen molar-refractivity contribution in [3.8, 4) is 5.69 Å². The normalized spacial score (nSPS) is 11.4. The summed E-state index contributed by atoms with van der Waals surface area (Å²) in [4.78, 5) is 77.0. The Balaban J connectivity index is 0.000000137. The average molecular weight is 1340 g/mol. The van der Waals surface area contributed by atoms with E-state index in [0.717, 1.165) is 89.2 Å². The molecule has 0 radical (unpaired) electrons. The molecule has 0 saturated carbocycles. The second-order valence-corrected chi connectivity index (χ2v) is 22.9. The summed E-state index contributed by atoms with van der Waals surface area (Å²) >= 11 is 0. The Morgan fingerprint density at radius 1 is 0.406 bits per heavy atom. The third-order valence-corrected chi connectivity index (χ3v) is 16.0. The third-order valence-electron chi connectivity index (χ3n) is 16.0. The number of para-hydroxylation sites is 4. The number of nitro groups is 1. The van der Waals surface area contributed by atoms with E-state index in [1.807, 2.05) is 229 Å². The van der Waals surface area contributed by atoms with Crippen LogP contribution in [0.25, 0.3) is 49.3 Å². The minimum atomic E-state index is -0.512. The molecule has 0 unspecified atom stereocenters.